The number of rotatable bonds is 8. The van der Waals surface area contributed by atoms with Crippen molar-refractivity contribution in [1.29, 1.82) is 0 Å². The maximum absolute atomic E-state index is 13.5. The maximum atomic E-state index is 13.5. The Morgan fingerprint density at radius 1 is 1.13 bits per heavy atom. The summed E-state index contributed by atoms with van der Waals surface area (Å²) in [6.07, 6.45) is 5.12. The van der Waals surface area contributed by atoms with Crippen LogP contribution in [-0.2, 0) is 12.0 Å². The Labute approximate surface area is 189 Å². The number of likely N-dealkylation sites (tertiary alicyclic amines) is 1. The summed E-state index contributed by atoms with van der Waals surface area (Å²) in [5.74, 6) is 0. The molecule has 3 heterocycles. The normalized spacial score (nSPS) is 19.6. The summed E-state index contributed by atoms with van der Waals surface area (Å²) in [7, 11) is 0. The van der Waals surface area contributed by atoms with Crippen LogP contribution in [0.2, 0.25) is 0 Å². The van der Waals surface area contributed by atoms with Crippen LogP contribution in [0, 0.1) is 17.5 Å². The van der Waals surface area contributed by atoms with E-state index in [4.69, 9.17) is 0 Å². The van der Waals surface area contributed by atoms with E-state index in [1.807, 2.05) is 25.3 Å². The number of aryl methyl sites for hydroxylation is 2. The fourth-order valence-corrected chi connectivity index (χ4v) is 5.31. The van der Waals surface area contributed by atoms with E-state index in [-0.39, 0.29) is 16.1 Å². The van der Waals surface area contributed by atoms with Gasteiger partial charge in [0.25, 0.3) is 0 Å². The Morgan fingerprint density at radius 3 is 2.61 bits per heavy atom. The number of hydrogen-bond acceptors (Lipinski definition) is 4. The molecule has 164 valence electrons. The zero-order chi connectivity index (χ0) is 21.9. The molecule has 3 aromatic rings. The summed E-state index contributed by atoms with van der Waals surface area (Å²) >= 11 is 1.28. The van der Waals surface area contributed by atoms with E-state index < -0.39 is 0 Å². The van der Waals surface area contributed by atoms with Gasteiger partial charge < -0.3 is 5.32 Å². The second-order valence-electron chi connectivity index (χ2n) is 9.34. The highest BCUT2D eigenvalue weighted by Crippen LogP contribution is 2.42. The number of halogens is 1. The molecule has 2 aromatic heterocycles. The molecule has 3 nitrogen and oxygen atoms in total. The Morgan fingerprint density at radius 2 is 1.94 bits per heavy atom. The number of benzene rings is 1. The fraction of sp³-hybridized carbons (Fsp3) is 0.423. The minimum Gasteiger partial charge on any atom is -0.384 e. The molecule has 1 aliphatic rings. The van der Waals surface area contributed by atoms with Crippen LogP contribution in [0.5, 0.6) is 0 Å². The number of aromatic nitrogens is 1. The van der Waals surface area contributed by atoms with Crippen molar-refractivity contribution in [2.24, 2.45) is 5.41 Å². The van der Waals surface area contributed by atoms with E-state index in [9.17, 15) is 4.39 Å². The zero-order valence-electron chi connectivity index (χ0n) is 18.7. The number of pyridine rings is 1. The van der Waals surface area contributed by atoms with Gasteiger partial charge in [0.15, 0.2) is 5.13 Å². The number of anilines is 1. The molecule has 0 bridgehead atoms. The number of para-hydroxylation sites is 1. The third kappa shape index (κ3) is 5.16. The number of hydrogen-bond donors (Lipinski definition) is 1. The molecular weight excluding hydrogens is 405 g/mol. The maximum Gasteiger partial charge on any atom is 0.176 e. The highest BCUT2D eigenvalue weighted by molar-refractivity contribution is 7.10. The molecule has 0 spiro atoms. The molecule has 0 saturated carbocycles. The van der Waals surface area contributed by atoms with E-state index in [0.717, 1.165) is 55.2 Å². The lowest BCUT2D eigenvalue weighted by atomic mass is 9.81. The summed E-state index contributed by atoms with van der Waals surface area (Å²) in [6.45, 7) is 9.62. The van der Waals surface area contributed by atoms with Crippen LogP contribution in [0.1, 0.15) is 42.8 Å². The average molecular weight is 438 g/mol. The third-order valence-corrected chi connectivity index (χ3v) is 7.75. The van der Waals surface area contributed by atoms with Crippen LogP contribution in [0.25, 0.3) is 0 Å². The first kappa shape index (κ1) is 22.0. The topological polar surface area (TPSA) is 28.2 Å². The standard InChI is InChI=1S/C26H32FN3S/c1-20-9-10-21(17-28-20)25(2,3)30-16-15-26(19-30,14-13-23-11-12-24(27)31-23)18-29-22-7-5-4-6-8-22/h4-12,17,29H,13-16,18-19H2,1-3H3. The monoisotopic (exact) mass is 437 g/mol. The molecule has 1 aliphatic heterocycles. The minimum atomic E-state index is -0.0903. The third-order valence-electron chi connectivity index (χ3n) is 6.82. The second kappa shape index (κ2) is 9.09. The summed E-state index contributed by atoms with van der Waals surface area (Å²) < 4.78 is 13.5. The number of nitrogens with one attached hydrogen (secondary N) is 1. The van der Waals surface area contributed by atoms with E-state index in [1.54, 1.807) is 6.07 Å². The van der Waals surface area contributed by atoms with E-state index in [2.05, 4.69) is 65.4 Å². The van der Waals surface area contributed by atoms with Crippen molar-refractivity contribution in [3.8, 4) is 0 Å². The predicted molar refractivity (Wildman–Crippen MR) is 128 cm³/mol. The Hall–Kier alpha value is -2.24. The summed E-state index contributed by atoms with van der Waals surface area (Å²) in [5, 5.41) is 3.59. The summed E-state index contributed by atoms with van der Waals surface area (Å²) in [5.41, 5.74) is 3.52. The highest BCUT2D eigenvalue weighted by Gasteiger charge is 2.43. The van der Waals surface area contributed by atoms with Gasteiger partial charge in [-0.15, -0.1) is 11.3 Å². The van der Waals surface area contributed by atoms with E-state index in [0.29, 0.717) is 0 Å². The first-order valence-electron chi connectivity index (χ1n) is 11.1. The Kier molecular flexibility index (Phi) is 6.44. The molecule has 0 radical (unpaired) electrons. The van der Waals surface area contributed by atoms with Crippen LogP contribution in [0.15, 0.2) is 60.8 Å². The Balaban J connectivity index is 1.51. The van der Waals surface area contributed by atoms with E-state index >= 15 is 0 Å². The van der Waals surface area contributed by atoms with Crippen molar-refractivity contribution in [2.45, 2.75) is 45.6 Å². The molecule has 5 heteroatoms. The smallest absolute Gasteiger partial charge is 0.176 e. The average Bonchev–Trinajstić information content (AvgIpc) is 3.39. The molecule has 1 unspecified atom stereocenters. The molecule has 1 fully saturated rings. The fourth-order valence-electron chi connectivity index (χ4n) is 4.58. The molecular formula is C26H32FN3S. The van der Waals surface area contributed by atoms with Crippen molar-refractivity contribution in [2.75, 3.05) is 25.0 Å². The van der Waals surface area contributed by atoms with Crippen molar-refractivity contribution < 1.29 is 4.39 Å². The van der Waals surface area contributed by atoms with Gasteiger partial charge in [0, 0.05) is 46.5 Å². The van der Waals surface area contributed by atoms with Crippen LogP contribution < -0.4 is 5.32 Å². The van der Waals surface area contributed by atoms with Gasteiger partial charge in [-0.2, -0.15) is 4.39 Å². The van der Waals surface area contributed by atoms with Gasteiger partial charge in [0.05, 0.1) is 0 Å². The van der Waals surface area contributed by atoms with Crippen LogP contribution >= 0.6 is 11.3 Å². The molecule has 1 aromatic carbocycles. The second-order valence-corrected chi connectivity index (χ2v) is 10.5. The van der Waals surface area contributed by atoms with Crippen LogP contribution in [0.3, 0.4) is 0 Å². The Bertz CT molecular complexity index is 983. The predicted octanol–water partition coefficient (Wildman–Crippen LogP) is 6.26. The van der Waals surface area contributed by atoms with Gasteiger partial charge >= 0.3 is 0 Å². The quantitative estimate of drug-likeness (QED) is 0.451. The molecule has 0 amide bonds. The van der Waals surface area contributed by atoms with Crippen molar-refractivity contribution in [1.82, 2.24) is 9.88 Å². The zero-order valence-corrected chi connectivity index (χ0v) is 19.5. The molecule has 1 atom stereocenters. The SMILES string of the molecule is Cc1ccc(C(C)(C)N2CCC(CCc3ccc(F)s3)(CNc3ccccc3)C2)cn1. The summed E-state index contributed by atoms with van der Waals surface area (Å²) in [6, 6.07) is 18.3. The van der Waals surface area contributed by atoms with Gasteiger partial charge in [-0.05, 0) is 82.5 Å². The van der Waals surface area contributed by atoms with Gasteiger partial charge in [0.2, 0.25) is 0 Å². The lowest BCUT2D eigenvalue weighted by Gasteiger charge is -2.38. The first-order chi connectivity index (χ1) is 14.9. The lowest BCUT2D eigenvalue weighted by molar-refractivity contribution is 0.131. The number of nitrogens with zero attached hydrogens (tertiary/aromatic N) is 2. The summed E-state index contributed by atoms with van der Waals surface area (Å²) in [4.78, 5) is 8.27. The van der Waals surface area contributed by atoms with Gasteiger partial charge in [-0.1, -0.05) is 24.3 Å². The van der Waals surface area contributed by atoms with E-state index in [1.165, 1.54) is 16.9 Å². The molecule has 1 saturated heterocycles. The van der Waals surface area contributed by atoms with Gasteiger partial charge in [-0.25, -0.2) is 0 Å². The minimum absolute atomic E-state index is 0.0791. The largest absolute Gasteiger partial charge is 0.384 e. The highest BCUT2D eigenvalue weighted by atomic mass is 32.1. The van der Waals surface area contributed by atoms with Crippen molar-refractivity contribution >= 4 is 17.0 Å². The van der Waals surface area contributed by atoms with Gasteiger partial charge in [0.1, 0.15) is 0 Å². The molecule has 1 N–H and O–H groups in total. The molecule has 0 aliphatic carbocycles. The van der Waals surface area contributed by atoms with Crippen LogP contribution in [-0.4, -0.2) is 29.5 Å². The van der Waals surface area contributed by atoms with Gasteiger partial charge in [-0.3, -0.25) is 9.88 Å². The van der Waals surface area contributed by atoms with Crippen molar-refractivity contribution in [3.05, 3.63) is 82.1 Å². The number of thiophene rings is 1. The van der Waals surface area contributed by atoms with Crippen LogP contribution in [0.4, 0.5) is 10.1 Å². The molecule has 4 rings (SSSR count). The lowest BCUT2D eigenvalue weighted by Crippen LogP contribution is -2.43. The first-order valence-corrected chi connectivity index (χ1v) is 11.9. The van der Waals surface area contributed by atoms with Crippen molar-refractivity contribution in [3.63, 3.8) is 0 Å². The molecule has 31 heavy (non-hydrogen) atoms.